The molecule has 4 heteroatoms. The average molecular weight is 311 g/mol. The standard InChI is InChI=1S/C14H19BrN2O/c15-12-7-2-1-5-11(12)6-3-9-17-10-4-8-13(17)14(16)18/h1-2,5,7,13H,3-4,6,8-10H2,(H2,16,18)/t13-/m0/s1. The van der Waals surface area contributed by atoms with Crippen LogP contribution in [0.4, 0.5) is 0 Å². The Kier molecular flexibility index (Phi) is 4.78. The number of carbonyl (C=O) groups is 1. The zero-order valence-corrected chi connectivity index (χ0v) is 12.0. The number of aryl methyl sites for hydroxylation is 1. The molecule has 1 aromatic carbocycles. The van der Waals surface area contributed by atoms with E-state index in [1.807, 2.05) is 6.07 Å². The molecule has 0 saturated carbocycles. The number of amides is 1. The molecule has 1 saturated heterocycles. The summed E-state index contributed by atoms with van der Waals surface area (Å²) < 4.78 is 1.16. The minimum Gasteiger partial charge on any atom is -0.368 e. The molecule has 1 amide bonds. The Morgan fingerprint density at radius 1 is 1.44 bits per heavy atom. The van der Waals surface area contributed by atoms with E-state index in [4.69, 9.17) is 5.73 Å². The third kappa shape index (κ3) is 3.33. The van der Waals surface area contributed by atoms with Gasteiger partial charge in [0.2, 0.25) is 5.91 Å². The summed E-state index contributed by atoms with van der Waals surface area (Å²) >= 11 is 3.56. The Hall–Kier alpha value is -0.870. The van der Waals surface area contributed by atoms with Crippen LogP contribution in [-0.4, -0.2) is 29.9 Å². The van der Waals surface area contributed by atoms with Crippen molar-refractivity contribution < 1.29 is 4.79 Å². The molecular weight excluding hydrogens is 292 g/mol. The van der Waals surface area contributed by atoms with Crippen molar-refractivity contribution in [3.05, 3.63) is 34.3 Å². The van der Waals surface area contributed by atoms with Crippen LogP contribution in [0.2, 0.25) is 0 Å². The topological polar surface area (TPSA) is 46.3 Å². The highest BCUT2D eigenvalue weighted by atomic mass is 79.9. The molecular formula is C14H19BrN2O. The molecule has 18 heavy (non-hydrogen) atoms. The zero-order valence-electron chi connectivity index (χ0n) is 10.4. The number of hydrogen-bond acceptors (Lipinski definition) is 2. The fourth-order valence-corrected chi connectivity index (χ4v) is 3.07. The maximum absolute atomic E-state index is 11.3. The highest BCUT2D eigenvalue weighted by Gasteiger charge is 2.28. The number of benzene rings is 1. The first kappa shape index (κ1) is 13.6. The van der Waals surface area contributed by atoms with E-state index in [0.717, 1.165) is 43.2 Å². The summed E-state index contributed by atoms with van der Waals surface area (Å²) in [5, 5.41) is 0. The lowest BCUT2D eigenvalue weighted by atomic mass is 10.1. The average Bonchev–Trinajstić information content (AvgIpc) is 2.80. The lowest BCUT2D eigenvalue weighted by molar-refractivity contribution is -0.122. The van der Waals surface area contributed by atoms with Gasteiger partial charge >= 0.3 is 0 Å². The van der Waals surface area contributed by atoms with Crippen LogP contribution in [0.25, 0.3) is 0 Å². The molecule has 1 aromatic rings. The summed E-state index contributed by atoms with van der Waals surface area (Å²) in [5.74, 6) is -0.173. The number of nitrogens with zero attached hydrogens (tertiary/aromatic N) is 1. The van der Waals surface area contributed by atoms with Gasteiger partial charge in [-0.1, -0.05) is 34.1 Å². The van der Waals surface area contributed by atoms with Crippen molar-refractivity contribution in [2.45, 2.75) is 31.7 Å². The molecule has 0 aliphatic carbocycles. The van der Waals surface area contributed by atoms with Crippen LogP contribution in [0.15, 0.2) is 28.7 Å². The Balaban J connectivity index is 1.82. The number of hydrogen-bond donors (Lipinski definition) is 1. The SMILES string of the molecule is NC(=O)[C@@H]1CCCN1CCCc1ccccc1Br. The summed E-state index contributed by atoms with van der Waals surface area (Å²) in [5.41, 5.74) is 6.73. The number of likely N-dealkylation sites (tertiary alicyclic amines) is 1. The van der Waals surface area contributed by atoms with E-state index < -0.39 is 0 Å². The van der Waals surface area contributed by atoms with E-state index in [1.54, 1.807) is 0 Å². The van der Waals surface area contributed by atoms with E-state index in [1.165, 1.54) is 5.56 Å². The highest BCUT2D eigenvalue weighted by Crippen LogP contribution is 2.20. The first-order valence-corrected chi connectivity index (χ1v) is 7.24. The summed E-state index contributed by atoms with van der Waals surface area (Å²) in [6.07, 6.45) is 4.10. The first-order valence-electron chi connectivity index (χ1n) is 6.45. The summed E-state index contributed by atoms with van der Waals surface area (Å²) in [6, 6.07) is 8.25. The van der Waals surface area contributed by atoms with Gasteiger partial charge in [-0.3, -0.25) is 9.69 Å². The maximum atomic E-state index is 11.3. The molecule has 0 aromatic heterocycles. The molecule has 0 spiro atoms. The van der Waals surface area contributed by atoms with Gasteiger partial charge in [-0.2, -0.15) is 0 Å². The van der Waals surface area contributed by atoms with Crippen LogP contribution in [-0.2, 0) is 11.2 Å². The minimum atomic E-state index is -0.173. The number of primary amides is 1. The van der Waals surface area contributed by atoms with Crippen molar-refractivity contribution in [1.29, 1.82) is 0 Å². The van der Waals surface area contributed by atoms with Gasteiger partial charge in [-0.05, 0) is 50.4 Å². The van der Waals surface area contributed by atoms with Gasteiger partial charge in [0.1, 0.15) is 0 Å². The normalized spacial score (nSPS) is 20.2. The van der Waals surface area contributed by atoms with Crippen LogP contribution in [0.3, 0.4) is 0 Å². The third-order valence-corrected chi connectivity index (χ3v) is 4.31. The molecule has 1 aliphatic rings. The Labute approximate surface area is 116 Å². The highest BCUT2D eigenvalue weighted by molar-refractivity contribution is 9.10. The number of carbonyl (C=O) groups excluding carboxylic acids is 1. The second kappa shape index (κ2) is 6.34. The van der Waals surface area contributed by atoms with Gasteiger partial charge in [0.25, 0.3) is 0 Å². The van der Waals surface area contributed by atoms with Crippen molar-refractivity contribution in [1.82, 2.24) is 4.90 Å². The van der Waals surface area contributed by atoms with Crippen molar-refractivity contribution in [3.63, 3.8) is 0 Å². The van der Waals surface area contributed by atoms with E-state index in [9.17, 15) is 4.79 Å². The van der Waals surface area contributed by atoms with Crippen molar-refractivity contribution in [3.8, 4) is 0 Å². The Morgan fingerprint density at radius 3 is 2.94 bits per heavy atom. The molecule has 0 radical (unpaired) electrons. The number of halogens is 1. The van der Waals surface area contributed by atoms with E-state index in [0.29, 0.717) is 0 Å². The van der Waals surface area contributed by atoms with Crippen LogP contribution in [0, 0.1) is 0 Å². The van der Waals surface area contributed by atoms with Gasteiger partial charge < -0.3 is 5.73 Å². The lowest BCUT2D eigenvalue weighted by Gasteiger charge is -2.21. The fraction of sp³-hybridized carbons (Fsp3) is 0.500. The summed E-state index contributed by atoms with van der Waals surface area (Å²) in [7, 11) is 0. The minimum absolute atomic E-state index is 0.0378. The van der Waals surface area contributed by atoms with Gasteiger partial charge in [-0.15, -0.1) is 0 Å². The van der Waals surface area contributed by atoms with Gasteiger partial charge in [0.05, 0.1) is 6.04 Å². The van der Waals surface area contributed by atoms with Gasteiger partial charge in [0.15, 0.2) is 0 Å². The van der Waals surface area contributed by atoms with Crippen molar-refractivity contribution >= 4 is 21.8 Å². The van der Waals surface area contributed by atoms with Gasteiger partial charge in [-0.25, -0.2) is 0 Å². The van der Waals surface area contributed by atoms with Crippen LogP contribution < -0.4 is 5.73 Å². The molecule has 1 fully saturated rings. The number of rotatable bonds is 5. The number of nitrogens with two attached hydrogens (primary N) is 1. The second-order valence-electron chi connectivity index (χ2n) is 4.79. The van der Waals surface area contributed by atoms with E-state index >= 15 is 0 Å². The summed E-state index contributed by atoms with van der Waals surface area (Å²) in [6.45, 7) is 1.96. The van der Waals surface area contributed by atoms with Crippen LogP contribution >= 0.6 is 15.9 Å². The van der Waals surface area contributed by atoms with Crippen molar-refractivity contribution in [2.24, 2.45) is 5.73 Å². The molecule has 1 heterocycles. The molecule has 1 atom stereocenters. The van der Waals surface area contributed by atoms with Crippen LogP contribution in [0.5, 0.6) is 0 Å². The molecule has 0 bridgehead atoms. The van der Waals surface area contributed by atoms with Crippen LogP contribution in [0.1, 0.15) is 24.8 Å². The lowest BCUT2D eigenvalue weighted by Crippen LogP contribution is -2.40. The van der Waals surface area contributed by atoms with E-state index in [-0.39, 0.29) is 11.9 Å². The smallest absolute Gasteiger partial charge is 0.234 e. The Bertz CT molecular complexity index is 422. The van der Waals surface area contributed by atoms with Crippen molar-refractivity contribution in [2.75, 3.05) is 13.1 Å². The molecule has 0 unspecified atom stereocenters. The quantitative estimate of drug-likeness (QED) is 0.907. The second-order valence-corrected chi connectivity index (χ2v) is 5.65. The molecule has 98 valence electrons. The maximum Gasteiger partial charge on any atom is 0.234 e. The zero-order chi connectivity index (χ0) is 13.0. The monoisotopic (exact) mass is 310 g/mol. The Morgan fingerprint density at radius 2 is 2.22 bits per heavy atom. The molecule has 2 N–H and O–H groups in total. The largest absolute Gasteiger partial charge is 0.368 e. The predicted octanol–water partition coefficient (Wildman–Crippen LogP) is 2.33. The third-order valence-electron chi connectivity index (χ3n) is 3.54. The fourth-order valence-electron chi connectivity index (χ4n) is 2.59. The van der Waals surface area contributed by atoms with Gasteiger partial charge in [0, 0.05) is 4.47 Å². The summed E-state index contributed by atoms with van der Waals surface area (Å²) in [4.78, 5) is 13.5. The molecule has 1 aliphatic heterocycles. The molecule has 2 rings (SSSR count). The first-order chi connectivity index (χ1) is 8.68. The molecule has 3 nitrogen and oxygen atoms in total. The van der Waals surface area contributed by atoms with E-state index in [2.05, 4.69) is 39.0 Å². The predicted molar refractivity (Wildman–Crippen MR) is 76.3 cm³/mol.